The van der Waals surface area contributed by atoms with Crippen LogP contribution in [-0.4, -0.2) is 25.8 Å². The number of hydrogen-bond donors (Lipinski definition) is 2. The van der Waals surface area contributed by atoms with Crippen LogP contribution in [-0.2, 0) is 10.0 Å². The lowest BCUT2D eigenvalue weighted by atomic mass is 10.1. The number of aliphatic hydroxyl groups is 1. The summed E-state index contributed by atoms with van der Waals surface area (Å²) in [4.78, 5) is 0. The molecule has 0 amide bonds. The Kier molecular flexibility index (Phi) is 4.80. The maximum atomic E-state index is 11.8. The van der Waals surface area contributed by atoms with Gasteiger partial charge in [0.25, 0.3) is 0 Å². The number of benzene rings is 1. The molecular weight excluding hydrogens is 294 g/mol. The molecule has 4 nitrogen and oxygen atoms in total. The van der Waals surface area contributed by atoms with Gasteiger partial charge in [0.2, 0.25) is 10.0 Å². The molecule has 0 fully saturated rings. The topological polar surface area (TPSA) is 66.4 Å². The molecule has 0 aliphatic heterocycles. The highest BCUT2D eigenvalue weighted by Crippen LogP contribution is 2.29. The largest absolute Gasteiger partial charge is 0.387 e. The van der Waals surface area contributed by atoms with Crippen molar-refractivity contribution in [1.29, 1.82) is 0 Å². The van der Waals surface area contributed by atoms with Crippen molar-refractivity contribution >= 4 is 31.4 Å². The highest BCUT2D eigenvalue weighted by molar-refractivity contribution is 7.89. The average molecular weight is 313 g/mol. The molecule has 0 aliphatic carbocycles. The lowest BCUT2D eigenvalue weighted by Gasteiger charge is -2.13. The molecule has 1 unspecified atom stereocenters. The van der Waals surface area contributed by atoms with Gasteiger partial charge in [0.1, 0.15) is 0 Å². The van der Waals surface area contributed by atoms with E-state index in [2.05, 4.69) is 4.72 Å². The molecule has 0 aliphatic rings. The molecule has 1 atom stereocenters. The van der Waals surface area contributed by atoms with E-state index in [1.54, 1.807) is 11.3 Å². The molecule has 0 saturated heterocycles. The van der Waals surface area contributed by atoms with E-state index in [9.17, 15) is 13.5 Å². The normalized spacial score (nSPS) is 14.0. The Morgan fingerprint density at radius 2 is 2.00 bits per heavy atom. The van der Waals surface area contributed by atoms with Gasteiger partial charge in [-0.2, -0.15) is 0 Å². The second-order valence-corrected chi connectivity index (χ2v) is 7.99. The van der Waals surface area contributed by atoms with Crippen LogP contribution in [0.1, 0.15) is 25.5 Å². The molecule has 0 radical (unpaired) electrons. The maximum absolute atomic E-state index is 11.8. The molecule has 110 valence electrons. The average Bonchev–Trinajstić information content (AvgIpc) is 2.78. The Hall–Kier alpha value is -0.950. The summed E-state index contributed by atoms with van der Waals surface area (Å²) in [6.45, 7) is 3.71. The van der Waals surface area contributed by atoms with Crippen LogP contribution in [0.15, 0.2) is 29.6 Å². The monoisotopic (exact) mass is 313 g/mol. The van der Waals surface area contributed by atoms with Crippen LogP contribution in [0.3, 0.4) is 0 Å². The third-order valence-corrected chi connectivity index (χ3v) is 5.61. The first-order valence-electron chi connectivity index (χ1n) is 6.50. The fraction of sp³-hybridized carbons (Fsp3) is 0.429. The SMILES string of the molecule is CC(C)CS(=O)(=O)NCC(O)c1csc2ccccc12. The number of sulfonamides is 1. The third kappa shape index (κ3) is 3.79. The van der Waals surface area contributed by atoms with Crippen molar-refractivity contribution in [2.24, 2.45) is 5.92 Å². The van der Waals surface area contributed by atoms with Crippen molar-refractivity contribution in [2.45, 2.75) is 20.0 Å². The van der Waals surface area contributed by atoms with Crippen molar-refractivity contribution < 1.29 is 13.5 Å². The van der Waals surface area contributed by atoms with Gasteiger partial charge < -0.3 is 5.11 Å². The minimum absolute atomic E-state index is 0.00970. The summed E-state index contributed by atoms with van der Waals surface area (Å²) in [6, 6.07) is 7.78. The number of nitrogens with one attached hydrogen (secondary N) is 1. The summed E-state index contributed by atoms with van der Waals surface area (Å²) in [5.74, 6) is 0.135. The fourth-order valence-corrected chi connectivity index (χ4v) is 4.49. The summed E-state index contributed by atoms with van der Waals surface area (Å²) in [5, 5.41) is 13.0. The molecule has 1 aromatic carbocycles. The molecule has 20 heavy (non-hydrogen) atoms. The van der Waals surface area contributed by atoms with Gasteiger partial charge in [-0.25, -0.2) is 13.1 Å². The van der Waals surface area contributed by atoms with E-state index in [0.717, 1.165) is 15.6 Å². The Morgan fingerprint density at radius 3 is 2.70 bits per heavy atom. The summed E-state index contributed by atoms with van der Waals surface area (Å²) < 4.78 is 27.1. The zero-order chi connectivity index (χ0) is 14.8. The summed E-state index contributed by atoms with van der Waals surface area (Å²) in [5.41, 5.74) is 0.776. The van der Waals surface area contributed by atoms with E-state index in [0.29, 0.717) is 0 Å². The number of hydrogen-bond acceptors (Lipinski definition) is 4. The third-order valence-electron chi connectivity index (χ3n) is 2.92. The van der Waals surface area contributed by atoms with Crippen LogP contribution < -0.4 is 4.72 Å². The zero-order valence-corrected chi connectivity index (χ0v) is 13.2. The lowest BCUT2D eigenvalue weighted by Crippen LogP contribution is -2.32. The van der Waals surface area contributed by atoms with E-state index >= 15 is 0 Å². The van der Waals surface area contributed by atoms with Gasteiger partial charge in [0, 0.05) is 16.8 Å². The van der Waals surface area contributed by atoms with Crippen LogP contribution in [0.5, 0.6) is 0 Å². The maximum Gasteiger partial charge on any atom is 0.211 e. The molecule has 2 aromatic rings. The second kappa shape index (κ2) is 6.22. The molecule has 1 aromatic heterocycles. The number of rotatable bonds is 6. The first kappa shape index (κ1) is 15.4. The van der Waals surface area contributed by atoms with Crippen molar-refractivity contribution in [1.82, 2.24) is 4.72 Å². The molecule has 2 rings (SSSR count). The predicted molar refractivity (Wildman–Crippen MR) is 83.4 cm³/mol. The Morgan fingerprint density at radius 1 is 1.30 bits per heavy atom. The van der Waals surface area contributed by atoms with Gasteiger partial charge in [0.05, 0.1) is 11.9 Å². The first-order chi connectivity index (χ1) is 9.39. The fourth-order valence-electron chi connectivity index (χ4n) is 2.07. The molecule has 0 saturated carbocycles. The minimum Gasteiger partial charge on any atom is -0.387 e. The van der Waals surface area contributed by atoms with Gasteiger partial charge in [-0.1, -0.05) is 32.0 Å². The van der Waals surface area contributed by atoms with Gasteiger partial charge in [-0.3, -0.25) is 0 Å². The highest BCUT2D eigenvalue weighted by atomic mass is 32.2. The Labute approximate surface area is 123 Å². The van der Waals surface area contributed by atoms with E-state index in [1.165, 1.54) is 0 Å². The first-order valence-corrected chi connectivity index (χ1v) is 9.04. The van der Waals surface area contributed by atoms with Gasteiger partial charge in [-0.15, -0.1) is 11.3 Å². The van der Waals surface area contributed by atoms with Gasteiger partial charge >= 0.3 is 0 Å². The Bertz CT molecular complexity index is 677. The van der Waals surface area contributed by atoms with E-state index in [-0.39, 0.29) is 18.2 Å². The highest BCUT2D eigenvalue weighted by Gasteiger charge is 2.17. The van der Waals surface area contributed by atoms with Crippen molar-refractivity contribution in [2.75, 3.05) is 12.3 Å². The van der Waals surface area contributed by atoms with Crippen molar-refractivity contribution in [3.63, 3.8) is 0 Å². The molecular formula is C14H19NO3S2. The molecule has 6 heteroatoms. The summed E-state index contributed by atoms with van der Waals surface area (Å²) in [7, 11) is -3.33. The quantitative estimate of drug-likeness (QED) is 0.861. The number of aliphatic hydroxyl groups excluding tert-OH is 1. The van der Waals surface area contributed by atoms with Crippen LogP contribution in [0, 0.1) is 5.92 Å². The van der Waals surface area contributed by atoms with Crippen LogP contribution in [0.2, 0.25) is 0 Å². The summed E-state index contributed by atoms with van der Waals surface area (Å²) >= 11 is 1.55. The van der Waals surface area contributed by atoms with Gasteiger partial charge in [0.15, 0.2) is 0 Å². The zero-order valence-electron chi connectivity index (χ0n) is 11.5. The van der Waals surface area contributed by atoms with Crippen molar-refractivity contribution in [3.05, 3.63) is 35.2 Å². The van der Waals surface area contributed by atoms with E-state index in [1.807, 2.05) is 43.5 Å². The predicted octanol–water partition coefficient (Wildman–Crippen LogP) is 2.51. The van der Waals surface area contributed by atoms with Crippen LogP contribution in [0.25, 0.3) is 10.1 Å². The van der Waals surface area contributed by atoms with Crippen LogP contribution >= 0.6 is 11.3 Å². The molecule has 0 spiro atoms. The van der Waals surface area contributed by atoms with Gasteiger partial charge in [-0.05, 0) is 22.8 Å². The second-order valence-electron chi connectivity index (χ2n) is 5.23. The number of fused-ring (bicyclic) bond motifs is 1. The van der Waals surface area contributed by atoms with E-state index < -0.39 is 16.1 Å². The minimum atomic E-state index is -3.33. The smallest absolute Gasteiger partial charge is 0.211 e. The molecule has 1 heterocycles. The summed E-state index contributed by atoms with van der Waals surface area (Å²) in [6.07, 6.45) is -0.826. The Balaban J connectivity index is 2.07. The standard InChI is InChI=1S/C14H19NO3S2/c1-10(2)9-20(17,18)15-7-13(16)12-8-19-14-6-4-3-5-11(12)14/h3-6,8,10,13,15-16H,7,9H2,1-2H3. The molecule has 0 bridgehead atoms. The number of thiophene rings is 1. The molecule has 2 N–H and O–H groups in total. The van der Waals surface area contributed by atoms with E-state index in [4.69, 9.17) is 0 Å². The van der Waals surface area contributed by atoms with Crippen LogP contribution in [0.4, 0.5) is 0 Å². The lowest BCUT2D eigenvalue weighted by molar-refractivity contribution is 0.184. The van der Waals surface area contributed by atoms with Crippen molar-refractivity contribution in [3.8, 4) is 0 Å².